The maximum atomic E-state index is 5.40. The highest BCUT2D eigenvalue weighted by molar-refractivity contribution is 5.28. The summed E-state index contributed by atoms with van der Waals surface area (Å²) in [5, 5.41) is 7.82. The van der Waals surface area contributed by atoms with Crippen LogP contribution in [0.5, 0.6) is 5.75 Å². The van der Waals surface area contributed by atoms with E-state index in [9.17, 15) is 0 Å². The Labute approximate surface area is 111 Å². The second-order valence-corrected chi connectivity index (χ2v) is 4.68. The number of nitrogens with zero attached hydrogens (tertiary/aromatic N) is 2. The highest BCUT2D eigenvalue weighted by Crippen LogP contribution is 2.28. The molecule has 0 saturated carbocycles. The molecule has 0 aliphatic rings. The Morgan fingerprint density at radius 2 is 2.11 bits per heavy atom. The van der Waals surface area contributed by atoms with Gasteiger partial charge in [0.15, 0.2) is 5.75 Å². The van der Waals surface area contributed by atoms with Crippen LogP contribution in [0.3, 0.4) is 0 Å². The van der Waals surface area contributed by atoms with Crippen LogP contribution in [0.2, 0.25) is 0 Å². The zero-order valence-corrected chi connectivity index (χ0v) is 12.2. The predicted molar refractivity (Wildman–Crippen MR) is 74.9 cm³/mol. The van der Waals surface area contributed by atoms with Crippen LogP contribution in [-0.2, 0) is 7.05 Å². The largest absolute Gasteiger partial charge is 0.493 e. The van der Waals surface area contributed by atoms with E-state index in [1.165, 1.54) is 25.7 Å². The standard InChI is InChI=1S/C14H27N3O/c1-5-7-8-9-10-12(15-6-2)14-13(18-4)11-16-17(14)3/h11-12,15H,5-10H2,1-4H3. The third-order valence-corrected chi connectivity index (χ3v) is 3.30. The molecule has 1 aromatic heterocycles. The van der Waals surface area contributed by atoms with E-state index in [-0.39, 0.29) is 0 Å². The zero-order valence-electron chi connectivity index (χ0n) is 12.2. The number of nitrogens with one attached hydrogen (secondary N) is 1. The van der Waals surface area contributed by atoms with Crippen molar-refractivity contribution in [2.75, 3.05) is 13.7 Å². The maximum absolute atomic E-state index is 5.40. The summed E-state index contributed by atoms with van der Waals surface area (Å²) in [6.45, 7) is 5.35. The number of methoxy groups -OCH3 is 1. The minimum absolute atomic E-state index is 0.342. The molecule has 0 aromatic carbocycles. The van der Waals surface area contributed by atoms with E-state index < -0.39 is 0 Å². The third-order valence-electron chi connectivity index (χ3n) is 3.30. The smallest absolute Gasteiger partial charge is 0.161 e. The van der Waals surface area contributed by atoms with E-state index in [2.05, 4.69) is 24.3 Å². The van der Waals surface area contributed by atoms with Gasteiger partial charge in [0.2, 0.25) is 0 Å². The Balaban J connectivity index is 2.67. The summed E-state index contributed by atoms with van der Waals surface area (Å²) in [7, 11) is 3.69. The van der Waals surface area contributed by atoms with Gasteiger partial charge in [0.1, 0.15) is 0 Å². The fraction of sp³-hybridized carbons (Fsp3) is 0.786. The van der Waals surface area contributed by atoms with Crippen molar-refractivity contribution in [1.82, 2.24) is 15.1 Å². The number of unbranched alkanes of at least 4 members (excludes halogenated alkanes) is 3. The van der Waals surface area contributed by atoms with Gasteiger partial charge in [-0.1, -0.05) is 39.5 Å². The normalized spacial score (nSPS) is 12.7. The van der Waals surface area contributed by atoms with Gasteiger partial charge in [-0.05, 0) is 13.0 Å². The summed E-state index contributed by atoms with van der Waals surface area (Å²) in [6.07, 6.45) is 8.09. The Morgan fingerprint density at radius 3 is 2.72 bits per heavy atom. The van der Waals surface area contributed by atoms with Gasteiger partial charge in [-0.15, -0.1) is 0 Å². The zero-order chi connectivity index (χ0) is 13.4. The Hall–Kier alpha value is -1.03. The summed E-state index contributed by atoms with van der Waals surface area (Å²) in [5.41, 5.74) is 1.16. The van der Waals surface area contributed by atoms with Crippen molar-refractivity contribution in [3.63, 3.8) is 0 Å². The topological polar surface area (TPSA) is 39.1 Å². The van der Waals surface area contributed by atoms with Crippen molar-refractivity contribution >= 4 is 0 Å². The second kappa shape index (κ2) is 8.14. The van der Waals surface area contributed by atoms with E-state index in [1.54, 1.807) is 13.3 Å². The molecule has 18 heavy (non-hydrogen) atoms. The van der Waals surface area contributed by atoms with Crippen LogP contribution in [0, 0.1) is 0 Å². The molecular formula is C14H27N3O. The van der Waals surface area contributed by atoms with Gasteiger partial charge in [-0.25, -0.2) is 0 Å². The Kier molecular flexibility index (Phi) is 6.80. The summed E-state index contributed by atoms with van der Waals surface area (Å²) in [5.74, 6) is 0.888. The Morgan fingerprint density at radius 1 is 1.33 bits per heavy atom. The average molecular weight is 253 g/mol. The van der Waals surface area contributed by atoms with Crippen molar-refractivity contribution in [3.05, 3.63) is 11.9 Å². The summed E-state index contributed by atoms with van der Waals surface area (Å²) in [6, 6.07) is 0.342. The number of ether oxygens (including phenoxy) is 1. The van der Waals surface area contributed by atoms with Gasteiger partial charge in [0.25, 0.3) is 0 Å². The van der Waals surface area contributed by atoms with Crippen LogP contribution in [0.1, 0.15) is 57.7 Å². The SMILES string of the molecule is CCCCCCC(NCC)c1c(OC)cnn1C. The number of aromatic nitrogens is 2. The lowest BCUT2D eigenvalue weighted by molar-refractivity contribution is 0.386. The van der Waals surface area contributed by atoms with Crippen LogP contribution in [0.15, 0.2) is 6.20 Å². The number of hydrogen-bond acceptors (Lipinski definition) is 3. The third kappa shape index (κ3) is 4.02. The maximum Gasteiger partial charge on any atom is 0.161 e. The molecule has 0 aliphatic carbocycles. The van der Waals surface area contributed by atoms with Gasteiger partial charge < -0.3 is 10.1 Å². The van der Waals surface area contributed by atoms with E-state index in [4.69, 9.17) is 4.74 Å². The molecule has 4 nitrogen and oxygen atoms in total. The molecule has 1 unspecified atom stereocenters. The fourth-order valence-corrected chi connectivity index (χ4v) is 2.34. The first kappa shape index (κ1) is 15.0. The van der Waals surface area contributed by atoms with E-state index in [1.807, 2.05) is 11.7 Å². The molecule has 0 fully saturated rings. The van der Waals surface area contributed by atoms with Crippen molar-refractivity contribution in [2.45, 2.75) is 52.0 Å². The molecule has 1 heterocycles. The number of hydrogen-bond donors (Lipinski definition) is 1. The average Bonchev–Trinajstić information content (AvgIpc) is 2.74. The van der Waals surface area contributed by atoms with Crippen LogP contribution in [0.25, 0.3) is 0 Å². The molecule has 1 atom stereocenters. The summed E-state index contributed by atoms with van der Waals surface area (Å²) < 4.78 is 7.32. The van der Waals surface area contributed by atoms with Crippen molar-refractivity contribution in [3.8, 4) is 5.75 Å². The summed E-state index contributed by atoms with van der Waals surface area (Å²) in [4.78, 5) is 0. The lowest BCUT2D eigenvalue weighted by Crippen LogP contribution is -2.23. The van der Waals surface area contributed by atoms with Crippen LogP contribution >= 0.6 is 0 Å². The minimum atomic E-state index is 0.342. The first-order chi connectivity index (χ1) is 8.74. The van der Waals surface area contributed by atoms with Crippen LogP contribution in [0.4, 0.5) is 0 Å². The lowest BCUT2D eigenvalue weighted by atomic mass is 10.0. The van der Waals surface area contributed by atoms with Gasteiger partial charge in [0, 0.05) is 7.05 Å². The Bertz CT molecular complexity index is 336. The highest BCUT2D eigenvalue weighted by atomic mass is 16.5. The van der Waals surface area contributed by atoms with Crippen LogP contribution < -0.4 is 10.1 Å². The molecular weight excluding hydrogens is 226 g/mol. The first-order valence-corrected chi connectivity index (χ1v) is 7.03. The molecule has 0 saturated heterocycles. The second-order valence-electron chi connectivity index (χ2n) is 4.68. The van der Waals surface area contributed by atoms with Gasteiger partial charge in [0.05, 0.1) is 25.0 Å². The number of rotatable bonds is 9. The van der Waals surface area contributed by atoms with Crippen LogP contribution in [-0.4, -0.2) is 23.4 Å². The van der Waals surface area contributed by atoms with Crippen molar-refractivity contribution in [1.29, 1.82) is 0 Å². The quantitative estimate of drug-likeness (QED) is 0.687. The molecule has 1 rings (SSSR count). The fourth-order valence-electron chi connectivity index (χ4n) is 2.34. The molecule has 1 aromatic rings. The minimum Gasteiger partial charge on any atom is -0.493 e. The van der Waals surface area contributed by atoms with Crippen molar-refractivity contribution in [2.24, 2.45) is 7.05 Å². The molecule has 0 radical (unpaired) electrons. The van der Waals surface area contributed by atoms with E-state index >= 15 is 0 Å². The number of aryl methyl sites for hydroxylation is 1. The van der Waals surface area contributed by atoms with E-state index in [0.717, 1.165) is 24.4 Å². The van der Waals surface area contributed by atoms with Gasteiger partial charge in [-0.3, -0.25) is 4.68 Å². The van der Waals surface area contributed by atoms with Crippen molar-refractivity contribution < 1.29 is 4.74 Å². The van der Waals surface area contributed by atoms with Gasteiger partial charge >= 0.3 is 0 Å². The predicted octanol–water partition coefficient (Wildman–Crippen LogP) is 3.05. The lowest BCUT2D eigenvalue weighted by Gasteiger charge is -2.19. The van der Waals surface area contributed by atoms with E-state index in [0.29, 0.717) is 6.04 Å². The molecule has 0 spiro atoms. The highest BCUT2D eigenvalue weighted by Gasteiger charge is 2.19. The molecule has 1 N–H and O–H groups in total. The first-order valence-electron chi connectivity index (χ1n) is 7.03. The molecule has 0 bridgehead atoms. The monoisotopic (exact) mass is 253 g/mol. The molecule has 0 aliphatic heterocycles. The van der Waals surface area contributed by atoms with Gasteiger partial charge in [-0.2, -0.15) is 5.10 Å². The molecule has 4 heteroatoms. The molecule has 104 valence electrons. The molecule has 0 amide bonds. The summed E-state index contributed by atoms with van der Waals surface area (Å²) >= 11 is 0.